The van der Waals surface area contributed by atoms with E-state index in [0.29, 0.717) is 17.5 Å². The van der Waals surface area contributed by atoms with Gasteiger partial charge in [0.2, 0.25) is 5.78 Å². The maximum atomic E-state index is 13.9. The summed E-state index contributed by atoms with van der Waals surface area (Å²) in [7, 11) is 3.16. The van der Waals surface area contributed by atoms with Crippen LogP contribution in [0.3, 0.4) is 0 Å². The Kier molecular flexibility index (Phi) is 7.44. The van der Waals surface area contributed by atoms with Crippen molar-refractivity contribution in [2.45, 2.75) is 70.1 Å². The fraction of sp³-hybridized carbons (Fsp3) is 0.536. The fourth-order valence-electron chi connectivity index (χ4n) is 6.57. The standard InChI is InChI=1S/C28H37N3O7/c1-4-5-6-7-8-13-9-15(12-29)22(32)19-16(13)10-14-11-17-21(31(2)3)24(34)20(27(30)37)26(36)28(17,38)25(35)18(14)23(19)33/h9,14,17,21,32-33,36,38H,4-8,10-12,29H2,1-3H3,(H2,30,37). The average molecular weight is 528 g/mol. The number of Topliss-reactive ketones (excluding diaryl/α,β-unsaturated/α-hetero) is 2. The SMILES string of the molecule is CCCCCCc1cc(CN)c(O)c2c1CC1CC3C(N(C)C)C(=O)C(C(N)=O)=C(O)C3(O)C(=O)C1=C2O. The van der Waals surface area contributed by atoms with E-state index in [1.165, 1.54) is 4.90 Å². The summed E-state index contributed by atoms with van der Waals surface area (Å²) in [5.74, 6) is -6.52. The summed E-state index contributed by atoms with van der Waals surface area (Å²) in [5.41, 5.74) is 9.78. The van der Waals surface area contributed by atoms with Gasteiger partial charge in [0, 0.05) is 23.6 Å². The largest absolute Gasteiger partial charge is 0.508 e. The number of carbonyl (C=O) groups is 3. The van der Waals surface area contributed by atoms with Gasteiger partial charge in [0.05, 0.1) is 11.6 Å². The van der Waals surface area contributed by atoms with Gasteiger partial charge in [-0.15, -0.1) is 0 Å². The molecular weight excluding hydrogens is 490 g/mol. The summed E-state index contributed by atoms with van der Waals surface area (Å²) in [6.45, 7) is 2.14. The zero-order valence-electron chi connectivity index (χ0n) is 22.1. The normalized spacial score (nSPS) is 26.9. The maximum Gasteiger partial charge on any atom is 0.255 e. The molecule has 0 aromatic heterocycles. The van der Waals surface area contributed by atoms with Gasteiger partial charge < -0.3 is 31.9 Å². The molecular formula is C28H37N3O7. The van der Waals surface area contributed by atoms with Crippen LogP contribution in [0.1, 0.15) is 61.3 Å². The van der Waals surface area contributed by atoms with Gasteiger partial charge in [0.15, 0.2) is 11.4 Å². The van der Waals surface area contributed by atoms with Gasteiger partial charge in [0.1, 0.15) is 22.8 Å². The van der Waals surface area contributed by atoms with Crippen molar-refractivity contribution < 1.29 is 34.8 Å². The highest BCUT2D eigenvalue weighted by Crippen LogP contribution is 2.53. The number of fused-ring (bicyclic) bond motifs is 3. The number of hydrogen-bond acceptors (Lipinski definition) is 9. The molecule has 0 saturated heterocycles. The number of carbonyl (C=O) groups excluding carboxylic acids is 3. The monoisotopic (exact) mass is 527 g/mol. The molecule has 3 aliphatic rings. The number of likely N-dealkylation sites (N-methyl/N-ethyl adjacent to an activating group) is 1. The molecule has 1 fully saturated rings. The van der Waals surface area contributed by atoms with E-state index in [0.717, 1.165) is 31.2 Å². The maximum absolute atomic E-state index is 13.9. The Morgan fingerprint density at radius 2 is 1.82 bits per heavy atom. The number of aliphatic hydroxyl groups excluding tert-OH is 2. The molecule has 1 amide bonds. The first-order valence-electron chi connectivity index (χ1n) is 13.1. The molecule has 0 aliphatic heterocycles. The third-order valence-corrected chi connectivity index (χ3v) is 8.41. The van der Waals surface area contributed by atoms with Crippen LogP contribution in [0.2, 0.25) is 0 Å². The number of primary amides is 1. The number of phenols is 1. The van der Waals surface area contributed by atoms with Crippen molar-refractivity contribution in [3.8, 4) is 5.75 Å². The van der Waals surface area contributed by atoms with Crippen molar-refractivity contribution in [3.63, 3.8) is 0 Å². The first-order valence-corrected chi connectivity index (χ1v) is 13.1. The first-order chi connectivity index (χ1) is 17.9. The molecule has 0 heterocycles. The Labute approximate surface area is 221 Å². The zero-order valence-corrected chi connectivity index (χ0v) is 22.1. The lowest BCUT2D eigenvalue weighted by atomic mass is 9.57. The molecule has 0 bridgehead atoms. The van der Waals surface area contributed by atoms with E-state index in [2.05, 4.69) is 6.92 Å². The van der Waals surface area contributed by atoms with E-state index in [4.69, 9.17) is 11.5 Å². The van der Waals surface area contributed by atoms with Crippen LogP contribution in [0, 0.1) is 11.8 Å². The smallest absolute Gasteiger partial charge is 0.255 e. The van der Waals surface area contributed by atoms with Crippen LogP contribution in [0.25, 0.3) is 5.76 Å². The van der Waals surface area contributed by atoms with Crippen LogP contribution in [0.5, 0.6) is 5.75 Å². The van der Waals surface area contributed by atoms with Crippen molar-refractivity contribution in [1.29, 1.82) is 0 Å². The highest BCUT2D eigenvalue weighted by atomic mass is 16.3. The van der Waals surface area contributed by atoms with Crippen LogP contribution in [-0.4, -0.2) is 68.5 Å². The fourth-order valence-corrected chi connectivity index (χ4v) is 6.57. The number of aromatic hydroxyl groups is 1. The number of rotatable bonds is 8. The van der Waals surface area contributed by atoms with Crippen molar-refractivity contribution in [3.05, 3.63) is 45.2 Å². The molecule has 1 aromatic carbocycles. The predicted molar refractivity (Wildman–Crippen MR) is 140 cm³/mol. The van der Waals surface area contributed by atoms with Gasteiger partial charge in [-0.1, -0.05) is 32.3 Å². The molecule has 3 aliphatic carbocycles. The molecule has 206 valence electrons. The lowest BCUT2D eigenvalue weighted by Gasteiger charge is -2.50. The predicted octanol–water partition coefficient (Wildman–Crippen LogP) is 1.55. The number of phenolic OH excluding ortho intramolecular Hbond substituents is 1. The lowest BCUT2D eigenvalue weighted by molar-refractivity contribution is -0.153. The van der Waals surface area contributed by atoms with Crippen LogP contribution < -0.4 is 11.5 Å². The second-order valence-electron chi connectivity index (χ2n) is 10.9. The molecule has 1 saturated carbocycles. The van der Waals surface area contributed by atoms with Crippen LogP contribution in [-0.2, 0) is 33.8 Å². The molecule has 4 atom stereocenters. The minimum absolute atomic E-state index is 0.0190. The molecule has 4 rings (SSSR count). The number of nitrogens with zero attached hydrogens (tertiary/aromatic N) is 1. The van der Waals surface area contributed by atoms with E-state index in [9.17, 15) is 34.8 Å². The van der Waals surface area contributed by atoms with E-state index < -0.39 is 58.0 Å². The third-order valence-electron chi connectivity index (χ3n) is 8.41. The molecule has 4 unspecified atom stereocenters. The number of unbranched alkanes of at least 4 members (excludes halogenated alkanes) is 3. The lowest BCUT2D eigenvalue weighted by Crippen LogP contribution is -2.65. The first kappa shape index (κ1) is 27.8. The minimum atomic E-state index is -2.64. The van der Waals surface area contributed by atoms with E-state index in [-0.39, 0.29) is 36.3 Å². The summed E-state index contributed by atoms with van der Waals surface area (Å²) < 4.78 is 0. The van der Waals surface area contributed by atoms with E-state index in [1.807, 2.05) is 6.07 Å². The molecule has 0 radical (unpaired) electrons. The van der Waals surface area contributed by atoms with Crippen LogP contribution in [0.15, 0.2) is 23.0 Å². The van der Waals surface area contributed by atoms with E-state index >= 15 is 0 Å². The second kappa shape index (κ2) is 10.2. The van der Waals surface area contributed by atoms with Crippen LogP contribution >= 0.6 is 0 Å². The van der Waals surface area contributed by atoms with Crippen molar-refractivity contribution >= 4 is 23.2 Å². The topological polar surface area (TPSA) is 187 Å². The summed E-state index contributed by atoms with van der Waals surface area (Å²) >= 11 is 0. The Hall–Kier alpha value is -3.21. The highest BCUT2D eigenvalue weighted by Gasteiger charge is 2.64. The van der Waals surface area contributed by atoms with Gasteiger partial charge in [-0.3, -0.25) is 19.3 Å². The summed E-state index contributed by atoms with van der Waals surface area (Å²) in [6, 6.07) is 0.744. The highest BCUT2D eigenvalue weighted by molar-refractivity contribution is 6.24. The van der Waals surface area contributed by atoms with Crippen molar-refractivity contribution in [2.75, 3.05) is 14.1 Å². The molecule has 10 heteroatoms. The Balaban J connectivity index is 1.91. The number of aryl methyl sites for hydroxylation is 1. The summed E-state index contributed by atoms with van der Waals surface area (Å²) in [4.78, 5) is 40.7. The Bertz CT molecular complexity index is 1270. The molecule has 8 N–H and O–H groups in total. The molecule has 0 spiro atoms. The number of hydrogen-bond donors (Lipinski definition) is 6. The van der Waals surface area contributed by atoms with Crippen molar-refractivity contribution in [1.82, 2.24) is 4.90 Å². The van der Waals surface area contributed by atoms with Crippen molar-refractivity contribution in [2.24, 2.45) is 23.3 Å². The summed E-state index contributed by atoms with van der Waals surface area (Å²) in [5, 5.41) is 45.1. The molecule has 1 aromatic rings. The minimum Gasteiger partial charge on any atom is -0.508 e. The van der Waals surface area contributed by atoms with Crippen LogP contribution in [0.4, 0.5) is 0 Å². The Morgan fingerprint density at radius 1 is 1.13 bits per heavy atom. The number of aliphatic hydroxyl groups is 3. The van der Waals surface area contributed by atoms with Gasteiger partial charge in [-0.05, 0) is 56.8 Å². The molecule has 38 heavy (non-hydrogen) atoms. The second-order valence-corrected chi connectivity index (χ2v) is 10.9. The van der Waals surface area contributed by atoms with Gasteiger partial charge in [-0.25, -0.2) is 0 Å². The van der Waals surface area contributed by atoms with Gasteiger partial charge >= 0.3 is 0 Å². The zero-order chi connectivity index (χ0) is 28.1. The Morgan fingerprint density at radius 3 is 2.39 bits per heavy atom. The number of benzene rings is 1. The number of nitrogens with two attached hydrogens (primary N) is 2. The quantitative estimate of drug-likeness (QED) is 0.215. The van der Waals surface area contributed by atoms with Gasteiger partial charge in [-0.2, -0.15) is 0 Å². The van der Waals surface area contributed by atoms with E-state index in [1.54, 1.807) is 14.1 Å². The summed E-state index contributed by atoms with van der Waals surface area (Å²) in [6.07, 6.45) is 5.15. The number of amides is 1. The number of ketones is 2. The van der Waals surface area contributed by atoms with Gasteiger partial charge in [0.25, 0.3) is 5.91 Å². The third kappa shape index (κ3) is 4.02. The molecule has 10 nitrogen and oxygen atoms in total. The average Bonchev–Trinajstić information content (AvgIpc) is 2.84.